The molecule has 2 N–H and O–H groups in total. The number of rotatable bonds is 6. The van der Waals surface area contributed by atoms with Gasteiger partial charge in [-0.15, -0.1) is 0 Å². The van der Waals surface area contributed by atoms with E-state index in [4.69, 9.17) is 4.74 Å². The van der Waals surface area contributed by atoms with E-state index in [0.29, 0.717) is 18.2 Å². The molecule has 1 aliphatic rings. The van der Waals surface area contributed by atoms with Crippen LogP contribution in [0.1, 0.15) is 50.6 Å². The SMILES string of the molecule is COc1ccc(-c2n[nH]c(CNC(=O)C3(c4ccc(C(C)(C)C)cc4)CC3)n2)cc1. The molecule has 2 aromatic carbocycles. The summed E-state index contributed by atoms with van der Waals surface area (Å²) < 4.78 is 5.18. The number of ether oxygens (including phenoxy) is 1. The molecule has 30 heavy (non-hydrogen) atoms. The minimum atomic E-state index is -0.407. The number of methoxy groups -OCH3 is 1. The molecule has 0 bridgehead atoms. The predicted octanol–water partition coefficient (Wildman–Crippen LogP) is 4.13. The lowest BCUT2D eigenvalue weighted by atomic mass is 9.85. The summed E-state index contributed by atoms with van der Waals surface area (Å²) >= 11 is 0. The van der Waals surface area contributed by atoms with Crippen molar-refractivity contribution in [3.63, 3.8) is 0 Å². The van der Waals surface area contributed by atoms with E-state index < -0.39 is 5.41 Å². The van der Waals surface area contributed by atoms with E-state index in [9.17, 15) is 4.79 Å². The van der Waals surface area contributed by atoms with Crippen molar-refractivity contribution in [1.82, 2.24) is 20.5 Å². The average molecular weight is 405 g/mol. The predicted molar refractivity (Wildman–Crippen MR) is 116 cm³/mol. The van der Waals surface area contributed by atoms with Gasteiger partial charge in [-0.3, -0.25) is 9.89 Å². The van der Waals surface area contributed by atoms with Crippen LogP contribution in [-0.2, 0) is 22.2 Å². The molecule has 1 heterocycles. The first-order valence-electron chi connectivity index (χ1n) is 10.3. The normalized spacial score (nSPS) is 14.9. The first-order chi connectivity index (χ1) is 14.3. The quantitative estimate of drug-likeness (QED) is 0.647. The van der Waals surface area contributed by atoms with E-state index >= 15 is 0 Å². The Labute approximate surface area is 177 Å². The maximum absolute atomic E-state index is 12.9. The highest BCUT2D eigenvalue weighted by molar-refractivity contribution is 5.91. The van der Waals surface area contributed by atoms with Gasteiger partial charge >= 0.3 is 0 Å². The third kappa shape index (κ3) is 3.95. The number of amides is 1. The van der Waals surface area contributed by atoms with Gasteiger partial charge in [-0.2, -0.15) is 5.10 Å². The Kier molecular flexibility index (Phi) is 5.10. The van der Waals surface area contributed by atoms with Gasteiger partial charge in [0.2, 0.25) is 5.91 Å². The highest BCUT2D eigenvalue weighted by Crippen LogP contribution is 2.48. The average Bonchev–Trinajstić information content (AvgIpc) is 3.43. The fourth-order valence-corrected chi connectivity index (χ4v) is 3.64. The highest BCUT2D eigenvalue weighted by Gasteiger charge is 2.51. The molecule has 1 aliphatic carbocycles. The van der Waals surface area contributed by atoms with E-state index in [0.717, 1.165) is 29.7 Å². The molecule has 1 aromatic heterocycles. The highest BCUT2D eigenvalue weighted by atomic mass is 16.5. The molecule has 1 saturated carbocycles. The van der Waals surface area contributed by atoms with Crippen LogP contribution >= 0.6 is 0 Å². The Balaban J connectivity index is 1.40. The van der Waals surface area contributed by atoms with Gasteiger partial charge in [0.1, 0.15) is 11.6 Å². The fourth-order valence-electron chi connectivity index (χ4n) is 3.64. The lowest BCUT2D eigenvalue weighted by Crippen LogP contribution is -2.34. The standard InChI is InChI=1S/C24H28N4O2/c1-23(2,3)17-7-9-18(10-8-17)24(13-14-24)22(29)25-15-20-26-21(28-27-20)16-5-11-19(30-4)12-6-16/h5-12H,13-15H2,1-4H3,(H,25,29)(H,26,27,28). The molecule has 0 unspecified atom stereocenters. The number of carbonyl (C=O) groups is 1. The number of aromatic amines is 1. The zero-order chi connectivity index (χ0) is 21.4. The summed E-state index contributed by atoms with van der Waals surface area (Å²) in [6, 6.07) is 16.0. The molecule has 0 radical (unpaired) electrons. The van der Waals surface area contributed by atoms with Gasteiger partial charge in [0.05, 0.1) is 19.1 Å². The number of hydrogen-bond donors (Lipinski definition) is 2. The number of hydrogen-bond acceptors (Lipinski definition) is 4. The third-order valence-corrected chi connectivity index (χ3v) is 5.78. The van der Waals surface area contributed by atoms with Crippen LogP contribution in [0.4, 0.5) is 0 Å². The Hall–Kier alpha value is -3.15. The van der Waals surface area contributed by atoms with Crippen molar-refractivity contribution in [2.75, 3.05) is 7.11 Å². The van der Waals surface area contributed by atoms with Gasteiger partial charge < -0.3 is 10.1 Å². The third-order valence-electron chi connectivity index (χ3n) is 5.78. The van der Waals surface area contributed by atoms with Crippen LogP contribution in [0.25, 0.3) is 11.4 Å². The van der Waals surface area contributed by atoms with Crippen molar-refractivity contribution in [2.45, 2.75) is 51.0 Å². The van der Waals surface area contributed by atoms with Crippen LogP contribution in [0.3, 0.4) is 0 Å². The zero-order valence-corrected chi connectivity index (χ0v) is 18.0. The summed E-state index contributed by atoms with van der Waals surface area (Å²) in [4.78, 5) is 17.4. The molecular weight excluding hydrogens is 376 g/mol. The fraction of sp³-hybridized carbons (Fsp3) is 0.375. The smallest absolute Gasteiger partial charge is 0.231 e. The Morgan fingerprint density at radius 2 is 1.77 bits per heavy atom. The summed E-state index contributed by atoms with van der Waals surface area (Å²) in [5.74, 6) is 2.06. The van der Waals surface area contributed by atoms with Gasteiger partial charge in [-0.05, 0) is 53.6 Å². The molecule has 156 valence electrons. The van der Waals surface area contributed by atoms with E-state index in [1.54, 1.807) is 7.11 Å². The topological polar surface area (TPSA) is 79.9 Å². The van der Waals surface area contributed by atoms with E-state index in [-0.39, 0.29) is 11.3 Å². The van der Waals surface area contributed by atoms with Crippen LogP contribution in [0.15, 0.2) is 48.5 Å². The molecular formula is C24H28N4O2. The van der Waals surface area contributed by atoms with E-state index in [1.807, 2.05) is 24.3 Å². The van der Waals surface area contributed by atoms with E-state index in [1.165, 1.54) is 5.56 Å². The maximum atomic E-state index is 12.9. The van der Waals surface area contributed by atoms with Crippen LogP contribution in [0.5, 0.6) is 5.75 Å². The zero-order valence-electron chi connectivity index (χ0n) is 18.0. The molecule has 0 saturated heterocycles. The molecule has 3 aromatic rings. The number of carbonyl (C=O) groups excluding carboxylic acids is 1. The van der Waals surface area contributed by atoms with Crippen molar-refractivity contribution in [3.05, 3.63) is 65.5 Å². The second kappa shape index (κ2) is 7.59. The van der Waals surface area contributed by atoms with Crippen LogP contribution in [0.2, 0.25) is 0 Å². The van der Waals surface area contributed by atoms with Crippen LogP contribution in [-0.4, -0.2) is 28.2 Å². The molecule has 0 spiro atoms. The van der Waals surface area contributed by atoms with Gasteiger partial charge in [-0.1, -0.05) is 45.0 Å². The lowest BCUT2D eigenvalue weighted by Gasteiger charge is -2.21. The van der Waals surface area contributed by atoms with Crippen molar-refractivity contribution in [1.29, 1.82) is 0 Å². The molecule has 4 rings (SSSR count). The first kappa shape index (κ1) is 20.1. The van der Waals surface area contributed by atoms with Crippen molar-refractivity contribution in [2.24, 2.45) is 0 Å². The summed E-state index contributed by atoms with van der Waals surface area (Å²) in [5, 5.41) is 10.2. The maximum Gasteiger partial charge on any atom is 0.231 e. The summed E-state index contributed by atoms with van der Waals surface area (Å²) in [7, 11) is 1.63. The number of H-pyrrole nitrogens is 1. The summed E-state index contributed by atoms with van der Waals surface area (Å²) in [5.41, 5.74) is 2.95. The molecule has 6 nitrogen and oxygen atoms in total. The minimum Gasteiger partial charge on any atom is -0.497 e. The van der Waals surface area contributed by atoms with Crippen LogP contribution < -0.4 is 10.1 Å². The Morgan fingerprint density at radius 3 is 2.33 bits per heavy atom. The van der Waals surface area contributed by atoms with Gasteiger partial charge in [0.15, 0.2) is 5.82 Å². The summed E-state index contributed by atoms with van der Waals surface area (Å²) in [6.07, 6.45) is 1.75. The van der Waals surface area contributed by atoms with Crippen molar-refractivity contribution < 1.29 is 9.53 Å². The number of benzene rings is 2. The first-order valence-corrected chi connectivity index (χ1v) is 10.3. The molecule has 6 heteroatoms. The van der Waals surface area contributed by atoms with Gasteiger partial charge in [-0.25, -0.2) is 4.98 Å². The van der Waals surface area contributed by atoms with Gasteiger partial charge in [0.25, 0.3) is 0 Å². The van der Waals surface area contributed by atoms with Crippen LogP contribution in [0, 0.1) is 0 Å². The number of nitrogens with zero attached hydrogens (tertiary/aromatic N) is 2. The van der Waals surface area contributed by atoms with Gasteiger partial charge in [0, 0.05) is 5.56 Å². The Bertz CT molecular complexity index is 1030. The molecule has 1 fully saturated rings. The molecule has 0 aliphatic heterocycles. The van der Waals surface area contributed by atoms with E-state index in [2.05, 4.69) is 65.5 Å². The Morgan fingerprint density at radius 1 is 1.10 bits per heavy atom. The number of nitrogens with one attached hydrogen (secondary N) is 2. The largest absolute Gasteiger partial charge is 0.497 e. The molecule has 0 atom stereocenters. The van der Waals surface area contributed by atoms with Crippen molar-refractivity contribution in [3.8, 4) is 17.1 Å². The lowest BCUT2D eigenvalue weighted by molar-refractivity contribution is -0.123. The molecule has 1 amide bonds. The van der Waals surface area contributed by atoms with Crippen molar-refractivity contribution >= 4 is 5.91 Å². The second-order valence-corrected chi connectivity index (χ2v) is 8.93. The number of aromatic nitrogens is 3. The second-order valence-electron chi connectivity index (χ2n) is 8.93. The summed E-state index contributed by atoms with van der Waals surface area (Å²) in [6.45, 7) is 6.90. The monoisotopic (exact) mass is 404 g/mol. The minimum absolute atomic E-state index is 0.0495.